The van der Waals surface area contributed by atoms with Gasteiger partial charge in [0, 0.05) is 18.7 Å². The zero-order chi connectivity index (χ0) is 14.2. The van der Waals surface area contributed by atoms with Crippen molar-refractivity contribution in [1.82, 2.24) is 10.6 Å². The van der Waals surface area contributed by atoms with Gasteiger partial charge >= 0.3 is 0 Å². The van der Waals surface area contributed by atoms with Gasteiger partial charge in [-0.25, -0.2) is 0 Å². The summed E-state index contributed by atoms with van der Waals surface area (Å²) >= 11 is 0. The highest BCUT2D eigenvalue weighted by molar-refractivity contribution is 5.91. The van der Waals surface area contributed by atoms with Crippen LogP contribution in [0.5, 0.6) is 5.75 Å². The number of hydrogen-bond donors (Lipinski definition) is 2. The number of amides is 1. The van der Waals surface area contributed by atoms with Crippen LogP contribution in [0.2, 0.25) is 0 Å². The molecular weight excluding hydrogens is 252 g/mol. The molecule has 0 aromatic heterocycles. The van der Waals surface area contributed by atoms with Gasteiger partial charge < -0.3 is 15.4 Å². The summed E-state index contributed by atoms with van der Waals surface area (Å²) in [4.78, 5) is 11.7. The summed E-state index contributed by atoms with van der Waals surface area (Å²) in [7, 11) is 1.64. The Balaban J connectivity index is 1.70. The lowest BCUT2D eigenvalue weighted by Gasteiger charge is -2.09. The van der Waals surface area contributed by atoms with E-state index in [4.69, 9.17) is 4.74 Å². The summed E-state index contributed by atoms with van der Waals surface area (Å²) in [5.74, 6) is 0.773. The number of carbonyl (C=O) groups is 1. The van der Waals surface area contributed by atoms with Crippen molar-refractivity contribution in [2.24, 2.45) is 0 Å². The van der Waals surface area contributed by atoms with Crippen LogP contribution in [-0.2, 0) is 4.79 Å². The molecule has 1 unspecified atom stereocenters. The monoisotopic (exact) mass is 274 g/mol. The smallest absolute Gasteiger partial charge is 0.243 e. The maximum atomic E-state index is 11.7. The molecule has 4 heteroatoms. The lowest BCUT2D eigenvalue weighted by Crippen LogP contribution is -2.29. The van der Waals surface area contributed by atoms with E-state index < -0.39 is 0 Å². The highest BCUT2D eigenvalue weighted by Crippen LogP contribution is 2.12. The van der Waals surface area contributed by atoms with Gasteiger partial charge in [-0.05, 0) is 49.6 Å². The lowest BCUT2D eigenvalue weighted by atomic mass is 10.1. The Morgan fingerprint density at radius 1 is 1.45 bits per heavy atom. The van der Waals surface area contributed by atoms with E-state index in [9.17, 15) is 4.79 Å². The molecule has 1 atom stereocenters. The predicted molar refractivity (Wildman–Crippen MR) is 80.7 cm³/mol. The first-order valence-corrected chi connectivity index (χ1v) is 7.11. The number of carbonyl (C=O) groups excluding carboxylic acids is 1. The SMILES string of the molecule is COc1ccc(/C=C/C(=O)NCCC2CCCN2)cc1. The molecule has 0 bridgehead atoms. The lowest BCUT2D eigenvalue weighted by molar-refractivity contribution is -0.116. The minimum absolute atomic E-state index is 0.0428. The average molecular weight is 274 g/mol. The van der Waals surface area contributed by atoms with Gasteiger partial charge in [0.25, 0.3) is 0 Å². The summed E-state index contributed by atoms with van der Waals surface area (Å²) in [5, 5.41) is 6.33. The number of hydrogen-bond acceptors (Lipinski definition) is 3. The molecule has 0 saturated carbocycles. The largest absolute Gasteiger partial charge is 0.497 e. The fourth-order valence-corrected chi connectivity index (χ4v) is 2.32. The summed E-state index contributed by atoms with van der Waals surface area (Å²) in [5.41, 5.74) is 0.985. The first-order valence-electron chi connectivity index (χ1n) is 7.11. The quantitative estimate of drug-likeness (QED) is 0.780. The van der Waals surface area contributed by atoms with E-state index in [0.29, 0.717) is 6.04 Å². The predicted octanol–water partition coefficient (Wildman–Crippen LogP) is 1.97. The standard InChI is InChI=1S/C16H22N2O2/c1-20-15-7-4-13(5-8-15)6-9-16(19)18-12-10-14-3-2-11-17-14/h4-9,14,17H,2-3,10-12H2,1H3,(H,18,19)/b9-6+. The van der Waals surface area contributed by atoms with Crippen molar-refractivity contribution in [1.29, 1.82) is 0 Å². The third kappa shape index (κ3) is 4.70. The van der Waals surface area contributed by atoms with Gasteiger partial charge in [-0.15, -0.1) is 0 Å². The van der Waals surface area contributed by atoms with E-state index in [1.807, 2.05) is 30.3 Å². The van der Waals surface area contributed by atoms with Crippen molar-refractivity contribution in [3.8, 4) is 5.75 Å². The molecule has 2 rings (SSSR count). The number of ether oxygens (including phenoxy) is 1. The van der Waals surface area contributed by atoms with Gasteiger partial charge in [0.1, 0.15) is 5.75 Å². The Morgan fingerprint density at radius 3 is 2.90 bits per heavy atom. The summed E-state index contributed by atoms with van der Waals surface area (Å²) < 4.78 is 5.09. The Kier molecular flexibility index (Phi) is 5.62. The van der Waals surface area contributed by atoms with E-state index in [2.05, 4.69) is 10.6 Å². The molecule has 108 valence electrons. The highest BCUT2D eigenvalue weighted by atomic mass is 16.5. The van der Waals surface area contributed by atoms with Gasteiger partial charge in [-0.1, -0.05) is 12.1 Å². The van der Waals surface area contributed by atoms with Crippen LogP contribution in [0.3, 0.4) is 0 Å². The van der Waals surface area contributed by atoms with E-state index in [0.717, 1.165) is 30.8 Å². The zero-order valence-electron chi connectivity index (χ0n) is 11.9. The normalized spacial score (nSPS) is 18.4. The summed E-state index contributed by atoms with van der Waals surface area (Å²) in [6.45, 7) is 1.83. The van der Waals surface area contributed by atoms with E-state index in [1.165, 1.54) is 12.8 Å². The Bertz CT molecular complexity index is 448. The van der Waals surface area contributed by atoms with Crippen LogP contribution in [-0.4, -0.2) is 32.1 Å². The van der Waals surface area contributed by atoms with Crippen LogP contribution in [0, 0.1) is 0 Å². The fraction of sp³-hybridized carbons (Fsp3) is 0.438. The van der Waals surface area contributed by atoms with Crippen LogP contribution in [0.25, 0.3) is 6.08 Å². The molecule has 1 aromatic rings. The highest BCUT2D eigenvalue weighted by Gasteiger charge is 2.12. The first-order chi connectivity index (χ1) is 9.78. The third-order valence-corrected chi connectivity index (χ3v) is 3.50. The van der Waals surface area contributed by atoms with E-state index in [1.54, 1.807) is 13.2 Å². The Labute approximate surface area is 120 Å². The van der Waals surface area contributed by atoms with Gasteiger partial charge in [0.15, 0.2) is 0 Å². The minimum Gasteiger partial charge on any atom is -0.497 e. The van der Waals surface area contributed by atoms with Gasteiger partial charge in [-0.2, -0.15) is 0 Å². The molecule has 1 aliphatic rings. The maximum absolute atomic E-state index is 11.7. The van der Waals surface area contributed by atoms with Gasteiger partial charge in [-0.3, -0.25) is 4.79 Å². The van der Waals surface area contributed by atoms with Crippen LogP contribution in [0.1, 0.15) is 24.8 Å². The second-order valence-corrected chi connectivity index (χ2v) is 4.98. The fourth-order valence-electron chi connectivity index (χ4n) is 2.32. The third-order valence-electron chi connectivity index (χ3n) is 3.50. The van der Waals surface area contributed by atoms with Crippen molar-refractivity contribution in [2.45, 2.75) is 25.3 Å². The van der Waals surface area contributed by atoms with Crippen LogP contribution >= 0.6 is 0 Å². The number of methoxy groups -OCH3 is 1. The van der Waals surface area contributed by atoms with Crippen LogP contribution < -0.4 is 15.4 Å². The molecule has 20 heavy (non-hydrogen) atoms. The molecule has 4 nitrogen and oxygen atoms in total. The molecule has 1 aromatic carbocycles. The van der Waals surface area contributed by atoms with Crippen LogP contribution in [0.4, 0.5) is 0 Å². The number of nitrogens with one attached hydrogen (secondary N) is 2. The maximum Gasteiger partial charge on any atom is 0.243 e. The first kappa shape index (κ1) is 14.6. The Morgan fingerprint density at radius 2 is 2.25 bits per heavy atom. The number of rotatable bonds is 6. The molecule has 1 heterocycles. The summed E-state index contributed by atoms with van der Waals surface area (Å²) in [6.07, 6.45) is 6.85. The molecule has 0 spiro atoms. The van der Waals surface area contributed by atoms with Crippen molar-refractivity contribution in [3.05, 3.63) is 35.9 Å². The molecule has 0 radical (unpaired) electrons. The van der Waals surface area contributed by atoms with Crippen molar-refractivity contribution < 1.29 is 9.53 Å². The molecular formula is C16H22N2O2. The number of benzene rings is 1. The zero-order valence-corrected chi connectivity index (χ0v) is 11.9. The molecule has 0 aliphatic carbocycles. The van der Waals surface area contributed by atoms with Crippen molar-refractivity contribution in [3.63, 3.8) is 0 Å². The van der Waals surface area contributed by atoms with Gasteiger partial charge in [0.05, 0.1) is 7.11 Å². The molecule has 1 saturated heterocycles. The topological polar surface area (TPSA) is 50.4 Å². The summed E-state index contributed by atoms with van der Waals surface area (Å²) in [6, 6.07) is 8.17. The Hall–Kier alpha value is -1.81. The van der Waals surface area contributed by atoms with E-state index in [-0.39, 0.29) is 5.91 Å². The molecule has 1 amide bonds. The van der Waals surface area contributed by atoms with Crippen molar-refractivity contribution in [2.75, 3.05) is 20.2 Å². The average Bonchev–Trinajstić information content (AvgIpc) is 2.99. The molecule has 2 N–H and O–H groups in total. The van der Waals surface area contributed by atoms with Gasteiger partial charge in [0.2, 0.25) is 5.91 Å². The molecule has 1 aliphatic heterocycles. The molecule has 1 fully saturated rings. The second kappa shape index (κ2) is 7.70. The minimum atomic E-state index is -0.0428. The van der Waals surface area contributed by atoms with E-state index >= 15 is 0 Å². The van der Waals surface area contributed by atoms with Crippen LogP contribution in [0.15, 0.2) is 30.3 Å². The second-order valence-electron chi connectivity index (χ2n) is 4.98. The van der Waals surface area contributed by atoms with Crippen molar-refractivity contribution >= 4 is 12.0 Å².